The molecule has 1 aromatic carbocycles. The number of rotatable bonds is 4. The molecule has 0 bridgehead atoms. The lowest BCUT2D eigenvalue weighted by atomic mass is 10.3. The van der Waals surface area contributed by atoms with Crippen molar-refractivity contribution >= 4 is 11.2 Å². The second-order valence-electron chi connectivity index (χ2n) is 5.72. The molecule has 9 heteroatoms. The molecule has 1 aliphatic rings. The van der Waals surface area contributed by atoms with E-state index in [0.29, 0.717) is 36.1 Å². The number of nitrogens with one attached hydrogen (secondary N) is 1. The summed E-state index contributed by atoms with van der Waals surface area (Å²) in [6.07, 6.45) is -0.273. The molecule has 0 spiro atoms. The van der Waals surface area contributed by atoms with Gasteiger partial charge in [-0.1, -0.05) is 0 Å². The van der Waals surface area contributed by atoms with Crippen molar-refractivity contribution in [3.63, 3.8) is 0 Å². The van der Waals surface area contributed by atoms with Crippen molar-refractivity contribution < 1.29 is 14.2 Å². The van der Waals surface area contributed by atoms with Crippen LogP contribution in [0.5, 0.6) is 17.5 Å². The predicted molar refractivity (Wildman–Crippen MR) is 88.5 cm³/mol. The van der Waals surface area contributed by atoms with Gasteiger partial charge in [0.15, 0.2) is 17.3 Å². The first-order chi connectivity index (χ1) is 12.1. The molecule has 1 atom stereocenters. The number of aryl methyl sites for hydroxylation is 1. The van der Waals surface area contributed by atoms with Crippen LogP contribution in [-0.2, 0) is 13.6 Å². The Labute approximate surface area is 141 Å². The number of benzene rings is 1. The van der Waals surface area contributed by atoms with Crippen LogP contribution >= 0.6 is 0 Å². The molecular formula is C16H16N4O5. The van der Waals surface area contributed by atoms with Crippen molar-refractivity contribution in [3.8, 4) is 17.5 Å². The number of fused-ring (bicyclic) bond motifs is 3. The minimum atomic E-state index is -0.506. The maximum absolute atomic E-state index is 12.1. The number of ether oxygens (including phenoxy) is 3. The summed E-state index contributed by atoms with van der Waals surface area (Å²) in [5.41, 5.74) is -0.354. The van der Waals surface area contributed by atoms with Gasteiger partial charge in [-0.2, -0.15) is 4.98 Å². The van der Waals surface area contributed by atoms with Crippen molar-refractivity contribution in [2.24, 2.45) is 7.05 Å². The Morgan fingerprint density at radius 3 is 2.72 bits per heavy atom. The summed E-state index contributed by atoms with van der Waals surface area (Å²) in [4.78, 5) is 30.3. The van der Waals surface area contributed by atoms with Gasteiger partial charge in [-0.15, -0.1) is 0 Å². The van der Waals surface area contributed by atoms with Crippen LogP contribution in [-0.4, -0.2) is 38.9 Å². The minimum Gasteiger partial charge on any atom is -0.497 e. The van der Waals surface area contributed by atoms with Gasteiger partial charge in [0.05, 0.1) is 13.7 Å². The predicted octanol–water partition coefficient (Wildman–Crippen LogP) is 0.272. The van der Waals surface area contributed by atoms with Crippen LogP contribution in [0.25, 0.3) is 11.2 Å². The van der Waals surface area contributed by atoms with Crippen LogP contribution in [0.4, 0.5) is 0 Å². The quantitative estimate of drug-likeness (QED) is 0.729. The Kier molecular flexibility index (Phi) is 3.48. The molecule has 0 saturated heterocycles. The maximum atomic E-state index is 12.1. The molecule has 0 radical (unpaired) electrons. The molecule has 3 aromatic rings. The molecule has 1 unspecified atom stereocenters. The molecule has 9 nitrogen and oxygen atoms in total. The molecule has 0 saturated carbocycles. The van der Waals surface area contributed by atoms with Gasteiger partial charge in [0.2, 0.25) is 0 Å². The summed E-state index contributed by atoms with van der Waals surface area (Å²) >= 11 is 0. The van der Waals surface area contributed by atoms with Gasteiger partial charge in [0, 0.05) is 7.05 Å². The lowest BCUT2D eigenvalue weighted by Crippen LogP contribution is -2.30. The highest BCUT2D eigenvalue weighted by molar-refractivity contribution is 5.72. The zero-order valence-corrected chi connectivity index (χ0v) is 13.7. The fourth-order valence-corrected chi connectivity index (χ4v) is 2.81. The van der Waals surface area contributed by atoms with Crippen LogP contribution in [0.2, 0.25) is 0 Å². The summed E-state index contributed by atoms with van der Waals surface area (Å²) in [7, 11) is 3.15. The van der Waals surface area contributed by atoms with Gasteiger partial charge >= 0.3 is 5.69 Å². The van der Waals surface area contributed by atoms with Crippen molar-refractivity contribution in [2.45, 2.75) is 12.6 Å². The number of hydrogen-bond donors (Lipinski definition) is 1. The number of hydrogen-bond acceptors (Lipinski definition) is 6. The van der Waals surface area contributed by atoms with Gasteiger partial charge in [-0.05, 0) is 24.3 Å². The topological polar surface area (TPSA) is 100 Å². The fourth-order valence-electron chi connectivity index (χ4n) is 2.81. The number of aromatic amines is 1. The Bertz CT molecular complexity index is 1050. The van der Waals surface area contributed by atoms with Crippen molar-refractivity contribution in [1.29, 1.82) is 0 Å². The molecular weight excluding hydrogens is 328 g/mol. The van der Waals surface area contributed by atoms with E-state index < -0.39 is 11.2 Å². The van der Waals surface area contributed by atoms with Gasteiger partial charge < -0.3 is 14.2 Å². The van der Waals surface area contributed by atoms with Crippen LogP contribution in [0.3, 0.4) is 0 Å². The van der Waals surface area contributed by atoms with E-state index in [-0.39, 0.29) is 6.10 Å². The van der Waals surface area contributed by atoms with Crippen LogP contribution in [0.1, 0.15) is 0 Å². The third kappa shape index (κ3) is 2.53. The largest absolute Gasteiger partial charge is 0.497 e. The van der Waals surface area contributed by atoms with Crippen molar-refractivity contribution in [3.05, 3.63) is 45.1 Å². The van der Waals surface area contributed by atoms with Crippen LogP contribution < -0.4 is 25.5 Å². The normalized spacial score (nSPS) is 15.8. The minimum absolute atomic E-state index is 0.273. The average molecular weight is 344 g/mol. The van der Waals surface area contributed by atoms with E-state index in [9.17, 15) is 9.59 Å². The number of imidazole rings is 1. The van der Waals surface area contributed by atoms with Gasteiger partial charge in [-0.25, -0.2) is 4.79 Å². The Morgan fingerprint density at radius 1 is 1.28 bits per heavy atom. The van der Waals surface area contributed by atoms with Crippen molar-refractivity contribution in [1.82, 2.24) is 19.1 Å². The molecule has 1 aliphatic heterocycles. The highest BCUT2D eigenvalue weighted by Crippen LogP contribution is 2.25. The van der Waals surface area contributed by atoms with Crippen LogP contribution in [0, 0.1) is 0 Å². The highest BCUT2D eigenvalue weighted by atomic mass is 16.6. The summed E-state index contributed by atoms with van der Waals surface area (Å²) in [5.74, 6) is 1.44. The van der Waals surface area contributed by atoms with Crippen LogP contribution in [0.15, 0.2) is 33.9 Å². The zero-order chi connectivity index (χ0) is 17.6. The molecule has 130 valence electrons. The first-order valence-corrected chi connectivity index (χ1v) is 7.70. The smallest absolute Gasteiger partial charge is 0.329 e. The molecule has 3 heterocycles. The molecule has 2 aromatic heterocycles. The summed E-state index contributed by atoms with van der Waals surface area (Å²) < 4.78 is 19.5. The second kappa shape index (κ2) is 5.69. The van der Waals surface area contributed by atoms with E-state index in [1.54, 1.807) is 18.7 Å². The van der Waals surface area contributed by atoms with E-state index in [1.165, 1.54) is 4.57 Å². The highest BCUT2D eigenvalue weighted by Gasteiger charge is 2.29. The summed E-state index contributed by atoms with van der Waals surface area (Å²) in [5, 5.41) is 0. The third-order valence-corrected chi connectivity index (χ3v) is 4.13. The summed E-state index contributed by atoms with van der Waals surface area (Å²) in [6.45, 7) is 0.726. The number of nitrogens with zero attached hydrogens (tertiary/aromatic N) is 3. The number of aromatic nitrogens is 4. The van der Waals surface area contributed by atoms with E-state index in [2.05, 4.69) is 9.97 Å². The van der Waals surface area contributed by atoms with Gasteiger partial charge in [0.25, 0.3) is 11.6 Å². The lowest BCUT2D eigenvalue weighted by molar-refractivity contribution is 0.144. The number of H-pyrrole nitrogens is 1. The first kappa shape index (κ1) is 15.3. The Morgan fingerprint density at radius 2 is 2.00 bits per heavy atom. The maximum Gasteiger partial charge on any atom is 0.329 e. The number of methoxy groups -OCH3 is 1. The summed E-state index contributed by atoms with van der Waals surface area (Å²) in [6, 6.07) is 7.54. The van der Waals surface area contributed by atoms with Gasteiger partial charge in [0.1, 0.15) is 18.1 Å². The SMILES string of the molecule is COc1ccc(OCC2Cn3c(nc4c3c(=O)[nH]c(=O)n4C)O2)cc1. The monoisotopic (exact) mass is 344 g/mol. The Balaban J connectivity index is 1.52. The van der Waals surface area contributed by atoms with E-state index in [1.807, 2.05) is 24.3 Å². The zero-order valence-electron chi connectivity index (χ0n) is 13.7. The third-order valence-electron chi connectivity index (χ3n) is 4.13. The molecule has 0 aliphatic carbocycles. The first-order valence-electron chi connectivity index (χ1n) is 7.70. The molecule has 0 fully saturated rings. The molecule has 1 N–H and O–H groups in total. The average Bonchev–Trinajstić information content (AvgIpc) is 3.16. The van der Waals surface area contributed by atoms with Gasteiger partial charge in [-0.3, -0.25) is 18.9 Å². The standard InChI is InChI=1S/C16H16N4O5/c1-19-13-12(14(21)18-15(19)22)20-7-11(25-16(20)17-13)8-24-10-5-3-9(23-2)4-6-10/h3-6,11H,7-8H2,1-2H3,(H,18,21,22). The van der Waals surface area contributed by atoms with E-state index in [0.717, 1.165) is 5.75 Å². The van der Waals surface area contributed by atoms with E-state index >= 15 is 0 Å². The Hall–Kier alpha value is -3.23. The molecule has 0 amide bonds. The molecule has 4 rings (SSSR count). The molecule has 25 heavy (non-hydrogen) atoms. The van der Waals surface area contributed by atoms with E-state index in [4.69, 9.17) is 14.2 Å². The lowest BCUT2D eigenvalue weighted by Gasteiger charge is -2.12. The fraction of sp³-hybridized carbons (Fsp3) is 0.312. The second-order valence-corrected chi connectivity index (χ2v) is 5.72. The van der Waals surface area contributed by atoms with Crippen molar-refractivity contribution in [2.75, 3.05) is 13.7 Å².